The van der Waals surface area contributed by atoms with Crippen molar-refractivity contribution in [3.8, 4) is 11.5 Å². The van der Waals surface area contributed by atoms with Crippen LogP contribution in [-0.2, 0) is 19.6 Å². The Labute approximate surface area is 147 Å². The third-order valence-electron chi connectivity index (χ3n) is 3.74. The van der Waals surface area contributed by atoms with Crippen LogP contribution in [-0.4, -0.2) is 25.1 Å². The lowest BCUT2D eigenvalue weighted by atomic mass is 10.2. The minimum absolute atomic E-state index is 0.282. The SMILES string of the molecule is Nc1ncc2c(n1)CN(Cc1nnc(-c3c(Cl)cccc3Cl)o1)C2. The fraction of sp³-hybridized carbons (Fsp3) is 0.200. The van der Waals surface area contributed by atoms with Crippen molar-refractivity contribution in [1.29, 1.82) is 0 Å². The van der Waals surface area contributed by atoms with E-state index in [0.717, 1.165) is 11.3 Å². The average Bonchev–Trinajstić information content (AvgIpc) is 3.13. The highest BCUT2D eigenvalue weighted by molar-refractivity contribution is 6.38. The quantitative estimate of drug-likeness (QED) is 0.765. The van der Waals surface area contributed by atoms with Gasteiger partial charge in [-0.15, -0.1) is 10.2 Å². The van der Waals surface area contributed by atoms with Crippen molar-refractivity contribution in [2.75, 3.05) is 5.73 Å². The Morgan fingerprint density at radius 1 is 1.17 bits per heavy atom. The maximum Gasteiger partial charge on any atom is 0.250 e. The Bertz CT molecular complexity index is 892. The third-order valence-corrected chi connectivity index (χ3v) is 4.37. The number of rotatable bonds is 3. The molecule has 122 valence electrons. The molecule has 2 aromatic heterocycles. The minimum Gasteiger partial charge on any atom is -0.419 e. The molecule has 0 saturated carbocycles. The molecule has 0 spiro atoms. The van der Waals surface area contributed by atoms with Gasteiger partial charge in [0.05, 0.1) is 27.8 Å². The van der Waals surface area contributed by atoms with Crippen molar-refractivity contribution in [3.63, 3.8) is 0 Å². The fourth-order valence-corrected chi connectivity index (χ4v) is 3.22. The largest absolute Gasteiger partial charge is 0.419 e. The van der Waals surface area contributed by atoms with Crippen molar-refractivity contribution in [2.45, 2.75) is 19.6 Å². The van der Waals surface area contributed by atoms with Crippen LogP contribution in [0, 0.1) is 0 Å². The smallest absolute Gasteiger partial charge is 0.250 e. The van der Waals surface area contributed by atoms with Gasteiger partial charge in [0, 0.05) is 24.8 Å². The summed E-state index contributed by atoms with van der Waals surface area (Å²) >= 11 is 12.3. The van der Waals surface area contributed by atoms with E-state index in [4.69, 9.17) is 33.4 Å². The highest BCUT2D eigenvalue weighted by atomic mass is 35.5. The molecule has 2 N–H and O–H groups in total. The Balaban J connectivity index is 1.53. The van der Waals surface area contributed by atoms with E-state index < -0.39 is 0 Å². The van der Waals surface area contributed by atoms with Gasteiger partial charge in [-0.1, -0.05) is 29.3 Å². The first kappa shape index (κ1) is 15.3. The van der Waals surface area contributed by atoms with Crippen LogP contribution in [0.2, 0.25) is 10.0 Å². The number of anilines is 1. The van der Waals surface area contributed by atoms with Crippen LogP contribution in [0.15, 0.2) is 28.8 Å². The zero-order valence-electron chi connectivity index (χ0n) is 12.4. The van der Waals surface area contributed by atoms with Crippen molar-refractivity contribution >= 4 is 29.2 Å². The van der Waals surface area contributed by atoms with E-state index >= 15 is 0 Å². The molecule has 9 heteroatoms. The Morgan fingerprint density at radius 3 is 2.75 bits per heavy atom. The van der Waals surface area contributed by atoms with Gasteiger partial charge in [0.1, 0.15) is 0 Å². The highest BCUT2D eigenvalue weighted by Gasteiger charge is 2.23. The fourth-order valence-electron chi connectivity index (χ4n) is 2.66. The molecular weight excluding hydrogens is 351 g/mol. The number of nitrogen functional groups attached to an aromatic ring is 1. The van der Waals surface area contributed by atoms with Crippen LogP contribution >= 0.6 is 23.2 Å². The predicted octanol–water partition coefficient (Wildman–Crippen LogP) is 2.93. The summed E-state index contributed by atoms with van der Waals surface area (Å²) in [5.74, 6) is 1.07. The second kappa shape index (κ2) is 6.01. The molecule has 0 amide bonds. The summed E-state index contributed by atoms with van der Waals surface area (Å²) in [5.41, 5.74) is 8.14. The van der Waals surface area contributed by atoms with Crippen molar-refractivity contribution in [1.82, 2.24) is 25.1 Å². The molecule has 1 aliphatic heterocycles. The highest BCUT2D eigenvalue weighted by Crippen LogP contribution is 2.34. The van der Waals surface area contributed by atoms with E-state index in [1.165, 1.54) is 0 Å². The van der Waals surface area contributed by atoms with Crippen molar-refractivity contribution in [3.05, 3.63) is 51.6 Å². The molecule has 24 heavy (non-hydrogen) atoms. The molecule has 1 aromatic carbocycles. The first-order valence-corrected chi connectivity index (χ1v) is 7.95. The van der Waals surface area contributed by atoms with Gasteiger partial charge in [0.2, 0.25) is 11.8 Å². The summed E-state index contributed by atoms with van der Waals surface area (Å²) in [6.45, 7) is 1.86. The normalized spacial score (nSPS) is 14.1. The van der Waals surface area contributed by atoms with Crippen LogP contribution in [0.5, 0.6) is 0 Å². The lowest BCUT2D eigenvalue weighted by molar-refractivity contribution is 0.245. The molecule has 3 heterocycles. The number of hydrogen-bond acceptors (Lipinski definition) is 7. The summed E-state index contributed by atoms with van der Waals surface area (Å²) in [5, 5.41) is 9.07. The molecule has 7 nitrogen and oxygen atoms in total. The Hall–Kier alpha value is -2.22. The number of hydrogen-bond donors (Lipinski definition) is 1. The van der Waals surface area contributed by atoms with Crippen molar-refractivity contribution < 1.29 is 4.42 Å². The lowest BCUT2D eigenvalue weighted by Gasteiger charge is -2.10. The lowest BCUT2D eigenvalue weighted by Crippen LogP contribution is -2.16. The molecular formula is C15H12Cl2N6O. The van der Waals surface area contributed by atoms with Gasteiger partial charge in [-0.25, -0.2) is 9.97 Å². The van der Waals surface area contributed by atoms with Crippen LogP contribution in [0.3, 0.4) is 0 Å². The summed E-state index contributed by atoms with van der Waals surface area (Å²) in [6.07, 6.45) is 1.75. The van der Waals surface area contributed by atoms with E-state index in [2.05, 4.69) is 25.1 Å². The molecule has 0 bridgehead atoms. The minimum atomic E-state index is 0.282. The van der Waals surface area contributed by atoms with E-state index in [1.807, 2.05) is 0 Å². The summed E-state index contributed by atoms with van der Waals surface area (Å²) < 4.78 is 5.72. The van der Waals surface area contributed by atoms with Gasteiger partial charge in [-0.3, -0.25) is 4.90 Å². The Morgan fingerprint density at radius 2 is 1.96 bits per heavy atom. The molecule has 0 aliphatic carbocycles. The van der Waals surface area contributed by atoms with Gasteiger partial charge in [0.15, 0.2) is 0 Å². The summed E-state index contributed by atoms with van der Waals surface area (Å²) in [7, 11) is 0. The van der Waals surface area contributed by atoms with Gasteiger partial charge in [0.25, 0.3) is 5.89 Å². The molecule has 0 atom stereocenters. The maximum atomic E-state index is 6.17. The third kappa shape index (κ3) is 2.82. The first-order chi connectivity index (χ1) is 11.6. The number of aromatic nitrogens is 4. The van der Waals surface area contributed by atoms with E-state index in [1.54, 1.807) is 24.4 Å². The first-order valence-electron chi connectivity index (χ1n) is 7.19. The molecule has 0 radical (unpaired) electrons. The average molecular weight is 363 g/mol. The van der Waals surface area contributed by atoms with Gasteiger partial charge < -0.3 is 10.2 Å². The number of halogens is 2. The van der Waals surface area contributed by atoms with Crippen LogP contribution in [0.25, 0.3) is 11.5 Å². The molecule has 0 saturated heterocycles. The molecule has 0 fully saturated rings. The second-order valence-corrected chi connectivity index (χ2v) is 6.26. The monoisotopic (exact) mass is 362 g/mol. The second-order valence-electron chi connectivity index (χ2n) is 5.44. The van der Waals surface area contributed by atoms with E-state index in [-0.39, 0.29) is 5.95 Å². The zero-order chi connectivity index (χ0) is 16.7. The molecule has 1 aliphatic rings. The van der Waals surface area contributed by atoms with E-state index in [9.17, 15) is 0 Å². The number of benzene rings is 1. The van der Waals surface area contributed by atoms with Crippen LogP contribution < -0.4 is 5.73 Å². The van der Waals surface area contributed by atoms with E-state index in [0.29, 0.717) is 47.0 Å². The van der Waals surface area contributed by atoms with Crippen LogP contribution in [0.1, 0.15) is 17.1 Å². The number of fused-ring (bicyclic) bond motifs is 1. The molecule has 4 rings (SSSR count). The standard InChI is InChI=1S/C15H12Cl2N6O/c16-9-2-1-3-10(17)13(9)14-22-21-12(24-14)7-23-5-8-4-19-15(18)20-11(8)6-23/h1-4H,5-7H2,(H2,18,19,20). The van der Waals surface area contributed by atoms with Gasteiger partial charge >= 0.3 is 0 Å². The zero-order valence-corrected chi connectivity index (χ0v) is 13.9. The van der Waals surface area contributed by atoms with Crippen LogP contribution in [0.4, 0.5) is 5.95 Å². The Kier molecular flexibility index (Phi) is 3.84. The number of nitrogens with two attached hydrogens (primary N) is 1. The summed E-state index contributed by atoms with van der Waals surface area (Å²) in [6, 6.07) is 5.22. The topological polar surface area (TPSA) is 94.0 Å². The van der Waals surface area contributed by atoms with Gasteiger partial charge in [-0.05, 0) is 12.1 Å². The molecule has 0 unspecified atom stereocenters. The maximum absolute atomic E-state index is 6.17. The predicted molar refractivity (Wildman–Crippen MR) is 89.1 cm³/mol. The van der Waals surface area contributed by atoms with Gasteiger partial charge in [-0.2, -0.15) is 0 Å². The summed E-state index contributed by atoms with van der Waals surface area (Å²) in [4.78, 5) is 10.4. The molecule has 3 aromatic rings. The number of nitrogens with zero attached hydrogens (tertiary/aromatic N) is 5. The van der Waals surface area contributed by atoms with Crippen molar-refractivity contribution in [2.24, 2.45) is 0 Å².